The topological polar surface area (TPSA) is 105 Å². The van der Waals surface area contributed by atoms with Crippen LogP contribution in [0, 0.1) is 12.8 Å². The third kappa shape index (κ3) is 5.15. The third-order valence-electron chi connectivity index (χ3n) is 6.29. The van der Waals surface area contributed by atoms with Crippen LogP contribution in [0.4, 0.5) is 0 Å². The highest BCUT2D eigenvalue weighted by atomic mass is 35.5. The van der Waals surface area contributed by atoms with Gasteiger partial charge in [-0.15, -0.1) is 0 Å². The minimum Gasteiger partial charge on any atom is -0.353 e. The molecule has 8 nitrogen and oxygen atoms in total. The molecule has 1 aliphatic carbocycles. The van der Waals surface area contributed by atoms with Gasteiger partial charge in [-0.05, 0) is 43.9 Å². The molecule has 1 atom stereocenters. The van der Waals surface area contributed by atoms with Crippen LogP contribution < -0.4 is 5.32 Å². The van der Waals surface area contributed by atoms with Crippen molar-refractivity contribution < 1.29 is 17.7 Å². The Balaban J connectivity index is 1.50. The van der Waals surface area contributed by atoms with Gasteiger partial charge in [-0.25, -0.2) is 8.42 Å². The number of hydrogen-bond acceptors (Lipinski definition) is 6. The smallest absolute Gasteiger partial charge is 0.244 e. The van der Waals surface area contributed by atoms with E-state index in [1.165, 1.54) is 29.3 Å². The average molecular weight is 481 g/mol. The molecule has 1 N–H and O–H groups in total. The number of amides is 1. The molecule has 0 spiro atoms. The Morgan fingerprint density at radius 2 is 1.91 bits per heavy atom. The van der Waals surface area contributed by atoms with Gasteiger partial charge in [-0.3, -0.25) is 4.79 Å². The largest absolute Gasteiger partial charge is 0.353 e. The van der Waals surface area contributed by atoms with E-state index >= 15 is 0 Å². The molecule has 1 saturated carbocycles. The van der Waals surface area contributed by atoms with Crippen molar-refractivity contribution in [1.29, 1.82) is 0 Å². The van der Waals surface area contributed by atoms with Gasteiger partial charge in [0.1, 0.15) is 4.90 Å². The van der Waals surface area contributed by atoms with Gasteiger partial charge in [0.15, 0.2) is 0 Å². The fraction of sp³-hybridized carbons (Fsp3) is 0.591. The number of sulfonamides is 1. The maximum Gasteiger partial charge on any atom is 0.244 e. The summed E-state index contributed by atoms with van der Waals surface area (Å²) in [7, 11) is -3.89. The van der Waals surface area contributed by atoms with E-state index in [-0.39, 0.29) is 34.3 Å². The molecule has 32 heavy (non-hydrogen) atoms. The second kappa shape index (κ2) is 9.89. The third-order valence-corrected chi connectivity index (χ3v) is 8.64. The van der Waals surface area contributed by atoms with E-state index in [1.54, 1.807) is 13.0 Å². The number of halogens is 1. The molecule has 2 fully saturated rings. The molecule has 1 amide bonds. The lowest BCUT2D eigenvalue weighted by Gasteiger charge is -2.32. The van der Waals surface area contributed by atoms with Crippen LogP contribution in [0.2, 0.25) is 5.02 Å². The molecule has 10 heteroatoms. The Labute approximate surface area is 193 Å². The second-order valence-electron chi connectivity index (χ2n) is 8.68. The predicted molar refractivity (Wildman–Crippen MR) is 121 cm³/mol. The van der Waals surface area contributed by atoms with Crippen molar-refractivity contribution >= 4 is 27.5 Å². The maximum atomic E-state index is 13.4. The van der Waals surface area contributed by atoms with Gasteiger partial charge >= 0.3 is 0 Å². The summed E-state index contributed by atoms with van der Waals surface area (Å²) in [5.41, 5.74) is 0.504. The number of benzene rings is 1. The van der Waals surface area contributed by atoms with Crippen LogP contribution >= 0.6 is 11.6 Å². The van der Waals surface area contributed by atoms with Crippen LogP contribution in [0.1, 0.15) is 57.3 Å². The number of nitrogens with zero attached hydrogens (tertiary/aromatic N) is 3. The normalized spacial score (nSPS) is 21.2. The highest BCUT2D eigenvalue weighted by molar-refractivity contribution is 7.89. The first kappa shape index (κ1) is 23.2. The van der Waals surface area contributed by atoms with Crippen molar-refractivity contribution in [3.8, 4) is 11.4 Å². The van der Waals surface area contributed by atoms with Crippen LogP contribution in [0.5, 0.6) is 0 Å². The minimum atomic E-state index is -3.89. The fourth-order valence-corrected chi connectivity index (χ4v) is 6.54. The summed E-state index contributed by atoms with van der Waals surface area (Å²) in [5, 5.41) is 7.15. The van der Waals surface area contributed by atoms with Crippen molar-refractivity contribution in [3.05, 3.63) is 29.1 Å². The summed E-state index contributed by atoms with van der Waals surface area (Å²) in [6.45, 7) is 2.18. The van der Waals surface area contributed by atoms with Crippen LogP contribution in [-0.4, -0.2) is 47.9 Å². The first-order valence-electron chi connectivity index (χ1n) is 11.3. The van der Waals surface area contributed by atoms with E-state index in [2.05, 4.69) is 15.5 Å². The summed E-state index contributed by atoms with van der Waals surface area (Å²) in [4.78, 5) is 17.1. The molecule has 1 aromatic carbocycles. The first-order valence-corrected chi connectivity index (χ1v) is 13.1. The number of carbonyl (C=O) groups is 1. The number of piperidine rings is 1. The Morgan fingerprint density at radius 1 is 1.16 bits per heavy atom. The number of rotatable bonds is 5. The molecule has 4 rings (SSSR count). The molecular weight excluding hydrogens is 452 g/mol. The molecule has 0 bridgehead atoms. The van der Waals surface area contributed by atoms with Gasteiger partial charge in [0.2, 0.25) is 27.6 Å². The minimum absolute atomic E-state index is 0.0102. The van der Waals surface area contributed by atoms with E-state index in [0.29, 0.717) is 36.7 Å². The summed E-state index contributed by atoms with van der Waals surface area (Å²) in [6, 6.07) is 4.85. The van der Waals surface area contributed by atoms with Gasteiger partial charge in [0.25, 0.3) is 0 Å². The molecule has 2 aliphatic rings. The van der Waals surface area contributed by atoms with Crippen LogP contribution in [0.25, 0.3) is 11.4 Å². The van der Waals surface area contributed by atoms with Crippen molar-refractivity contribution in [2.24, 2.45) is 5.92 Å². The Hall–Kier alpha value is -1.97. The van der Waals surface area contributed by atoms with Gasteiger partial charge in [0.05, 0.1) is 10.9 Å². The molecule has 0 unspecified atom stereocenters. The number of aromatic nitrogens is 2. The molecule has 1 aromatic heterocycles. The molecule has 1 aliphatic heterocycles. The van der Waals surface area contributed by atoms with Gasteiger partial charge in [-0.2, -0.15) is 9.29 Å². The van der Waals surface area contributed by atoms with Gasteiger partial charge < -0.3 is 9.84 Å². The quantitative estimate of drug-likeness (QED) is 0.650. The maximum absolute atomic E-state index is 13.4. The van der Waals surface area contributed by atoms with Crippen molar-refractivity contribution in [1.82, 2.24) is 19.8 Å². The summed E-state index contributed by atoms with van der Waals surface area (Å²) in [6.07, 6.45) is 7.99. The predicted octanol–water partition coefficient (Wildman–Crippen LogP) is 3.94. The lowest BCUT2D eigenvalue weighted by Crippen LogP contribution is -2.47. The Morgan fingerprint density at radius 3 is 2.59 bits per heavy atom. The van der Waals surface area contributed by atoms with E-state index in [9.17, 15) is 13.2 Å². The lowest BCUT2D eigenvalue weighted by atomic mass is 9.97. The number of hydrogen-bond donors (Lipinski definition) is 1. The zero-order chi connectivity index (χ0) is 22.7. The zero-order valence-electron chi connectivity index (χ0n) is 18.2. The van der Waals surface area contributed by atoms with Gasteiger partial charge in [0, 0.05) is 31.6 Å². The summed E-state index contributed by atoms with van der Waals surface area (Å²) >= 11 is 6.29. The van der Waals surface area contributed by atoms with Crippen LogP contribution in [0.3, 0.4) is 0 Å². The molecule has 0 radical (unpaired) electrons. The van der Waals surface area contributed by atoms with Crippen molar-refractivity contribution in [2.45, 2.75) is 69.2 Å². The summed E-state index contributed by atoms with van der Waals surface area (Å²) in [5.74, 6) is 0.287. The summed E-state index contributed by atoms with van der Waals surface area (Å²) < 4.78 is 33.3. The van der Waals surface area contributed by atoms with Crippen LogP contribution in [-0.2, 0) is 14.8 Å². The second-order valence-corrected chi connectivity index (χ2v) is 11.0. The molecule has 1 saturated heterocycles. The zero-order valence-corrected chi connectivity index (χ0v) is 19.8. The van der Waals surface area contributed by atoms with Crippen LogP contribution in [0.15, 0.2) is 27.6 Å². The molecule has 2 heterocycles. The molecule has 174 valence electrons. The van der Waals surface area contributed by atoms with E-state index in [0.717, 1.165) is 25.7 Å². The number of nitrogens with one attached hydrogen (secondary N) is 1. The Bertz CT molecular complexity index is 1060. The highest BCUT2D eigenvalue weighted by Crippen LogP contribution is 2.31. The van der Waals surface area contributed by atoms with E-state index < -0.39 is 10.0 Å². The molecule has 2 aromatic rings. The number of aryl methyl sites for hydroxylation is 1. The van der Waals surface area contributed by atoms with E-state index in [4.69, 9.17) is 16.1 Å². The lowest BCUT2D eigenvalue weighted by molar-refractivity contribution is -0.126. The Kier molecular flexibility index (Phi) is 7.17. The van der Waals surface area contributed by atoms with E-state index in [1.807, 2.05) is 0 Å². The monoisotopic (exact) mass is 480 g/mol. The van der Waals surface area contributed by atoms with Crippen molar-refractivity contribution in [2.75, 3.05) is 13.1 Å². The average Bonchev–Trinajstić information content (AvgIpc) is 3.05. The van der Waals surface area contributed by atoms with Crippen molar-refractivity contribution in [3.63, 3.8) is 0 Å². The van der Waals surface area contributed by atoms with Gasteiger partial charge in [-0.1, -0.05) is 42.4 Å². The molecular formula is C22H29ClN4O4S. The number of carbonyl (C=O) groups excluding carboxylic acids is 1. The SMILES string of the molecule is Cc1nc(-c2ccc(Cl)c(S(=O)(=O)N3CCC[C@@H](C(=O)NC4CCCCCC4)C3)c2)no1. The fourth-order valence-electron chi connectivity index (χ4n) is 4.51. The highest BCUT2D eigenvalue weighted by Gasteiger charge is 2.35. The first-order chi connectivity index (χ1) is 15.3. The standard InChI is InChI=1S/C22H29ClN4O4S/c1-15-24-21(26-31-15)16-10-11-19(23)20(13-16)32(29,30)27-12-6-7-17(14-27)22(28)25-18-8-4-2-3-5-9-18/h10-11,13,17-18H,2-9,12,14H2,1H3,(H,25,28)/t17-/m1/s1.